The van der Waals surface area contributed by atoms with Crippen LogP contribution < -0.4 is 47.1 Å². The van der Waals surface area contributed by atoms with Crippen LogP contribution in [0.5, 0.6) is 17.2 Å². The molecule has 23 atom stereocenters. The number of likely N-dealkylation sites (N-methyl/N-ethyl adjacent to an activating group) is 1. The minimum absolute atomic E-state index is 0.00579. The number of nitrogens with zero attached hydrogens (tertiary/aromatic N) is 1. The predicted octanol–water partition coefficient (Wildman–Crippen LogP) is 4.93. The van der Waals surface area contributed by atoms with Gasteiger partial charge < -0.3 is 129 Å². The van der Waals surface area contributed by atoms with Gasteiger partial charge in [0.25, 0.3) is 0 Å². The number of aliphatic hydroxyl groups excluding tert-OH is 4. The first-order valence-corrected chi connectivity index (χ1v) is 46.9. The number of aliphatic carboxylic acids is 1. The number of Topliss-reactive ketones (excluding diaryl/α,β-unsaturated/α-hetero) is 3. The third-order valence-electron chi connectivity index (χ3n) is 22.6. The van der Waals surface area contributed by atoms with E-state index in [1.54, 1.807) is 72.7 Å². The number of ether oxygens (including phenoxy) is 13. The highest BCUT2D eigenvalue weighted by molar-refractivity contribution is 14.1. The average molecular weight is 2010 g/mol. The highest BCUT2D eigenvalue weighted by Crippen LogP contribution is 2.50. The van der Waals surface area contributed by atoms with Gasteiger partial charge in [0.05, 0.1) is 104 Å². The number of methoxy groups -OCH3 is 5. The summed E-state index contributed by atoms with van der Waals surface area (Å²) in [5, 5.41) is 74.9. The summed E-state index contributed by atoms with van der Waals surface area (Å²) in [5.41, 5.74) is 12.6. The van der Waals surface area contributed by atoms with E-state index < -0.39 is 204 Å². The summed E-state index contributed by atoms with van der Waals surface area (Å²) in [6, 6.07) is 2.55. The van der Waals surface area contributed by atoms with Crippen molar-refractivity contribution in [3.05, 3.63) is 79.5 Å². The van der Waals surface area contributed by atoms with Gasteiger partial charge in [0.2, 0.25) is 29.0 Å². The van der Waals surface area contributed by atoms with Crippen molar-refractivity contribution in [3.8, 4) is 40.9 Å². The maximum absolute atomic E-state index is 14.7. The number of hydroxylamine groups is 1. The fourth-order valence-corrected chi connectivity index (χ4v) is 19.3. The van der Waals surface area contributed by atoms with Crippen LogP contribution in [-0.2, 0) is 102 Å². The van der Waals surface area contributed by atoms with Crippen LogP contribution in [0.25, 0.3) is 0 Å². The average Bonchev–Trinajstić information content (AvgIpc) is 0.672. The molecule has 2 aromatic rings. The number of amides is 5. The monoisotopic (exact) mass is 2010 g/mol. The van der Waals surface area contributed by atoms with Crippen molar-refractivity contribution in [2.45, 2.75) is 266 Å². The van der Waals surface area contributed by atoms with Gasteiger partial charge in [-0.2, -0.15) is 15.1 Å². The van der Waals surface area contributed by atoms with E-state index in [1.807, 2.05) is 22.6 Å². The number of carboxylic acid groups (broad SMARTS) is 1. The van der Waals surface area contributed by atoms with Crippen LogP contribution >= 0.6 is 55.9 Å². The summed E-state index contributed by atoms with van der Waals surface area (Å²) in [6.45, 7) is 14.6. The number of hydrogen-bond acceptors (Lipinski definition) is 36. The molecule has 8 rings (SSSR count). The fraction of sp³-hybridized carbons (Fsp3) is 0.625. The molecule has 4 saturated heterocycles. The van der Waals surface area contributed by atoms with Crippen LogP contribution in [-0.4, -0.2) is 294 Å². The number of hydrogen-bond donors (Lipinski definition) is 12. The number of anilines is 1. The van der Waals surface area contributed by atoms with E-state index >= 15 is 0 Å². The molecule has 1 unspecified atom stereocenters. The number of carbonyl (C=O) groups excluding carboxylic acids is 11. The number of rotatable bonds is 44. The first-order chi connectivity index (χ1) is 62.3. The van der Waals surface area contributed by atoms with Gasteiger partial charge in [-0.25, -0.2) is 9.59 Å². The molecule has 14 N–H and O–H groups in total. The minimum Gasteiger partial charge on any atom is -0.492 e. The Labute approximate surface area is 785 Å². The van der Waals surface area contributed by atoms with E-state index in [0.717, 1.165) is 40.5 Å². The summed E-state index contributed by atoms with van der Waals surface area (Å²) >= 11 is 2.74. The first kappa shape index (κ1) is 110. The highest BCUT2D eigenvalue weighted by atomic mass is 127. The number of nitrogens with two attached hydrogens (primary N) is 2. The van der Waals surface area contributed by atoms with Crippen molar-refractivity contribution in [1.29, 1.82) is 0 Å². The molecule has 131 heavy (non-hydrogen) atoms. The number of carbonyl (C=O) groups is 10. The Morgan fingerprint density at radius 2 is 1.48 bits per heavy atom. The zero-order chi connectivity index (χ0) is 96.8. The Kier molecular flexibility index (Phi) is 44.6. The number of benzene rings is 2. The summed E-state index contributed by atoms with van der Waals surface area (Å²) < 4.78 is 79.6. The summed E-state index contributed by atoms with van der Waals surface area (Å²) in [7, 11) is 8.66. The molecule has 0 radical (unpaired) electrons. The highest BCUT2D eigenvalue weighted by Gasteiger charge is 2.53. The Hall–Kier alpha value is -8.20. The predicted molar refractivity (Wildman–Crippen MR) is 482 cm³/mol. The van der Waals surface area contributed by atoms with Crippen molar-refractivity contribution in [1.82, 2.24) is 21.0 Å². The molecule has 0 aromatic heterocycles. The molecule has 4 heterocycles. The number of thioether (sulfide) groups is 1. The zero-order valence-corrected chi connectivity index (χ0v) is 80.0. The summed E-state index contributed by atoms with van der Waals surface area (Å²) in [4.78, 5) is 158. The molecule has 2 aromatic carbocycles. The Morgan fingerprint density at radius 1 is 0.809 bits per heavy atom. The van der Waals surface area contributed by atoms with Crippen molar-refractivity contribution in [2.75, 3.05) is 72.9 Å². The largest absolute Gasteiger partial charge is 0.492 e. The Balaban J connectivity index is 0.00000771. The van der Waals surface area contributed by atoms with Crippen molar-refractivity contribution < 1.29 is 155 Å². The van der Waals surface area contributed by atoms with Gasteiger partial charge in [-0.05, 0) is 145 Å². The number of halogens is 1. The second-order valence-electron chi connectivity index (χ2n) is 32.1. The molecule has 43 heteroatoms. The van der Waals surface area contributed by atoms with Crippen molar-refractivity contribution in [2.24, 2.45) is 29.2 Å². The number of urea groups is 1. The molecule has 6 aliphatic rings. The lowest BCUT2D eigenvalue weighted by molar-refractivity contribution is -0.337. The van der Waals surface area contributed by atoms with Crippen LogP contribution in [0.4, 0.5) is 15.3 Å². The quantitative estimate of drug-likeness (QED) is 0.0104. The van der Waals surface area contributed by atoms with E-state index in [4.69, 9.17) is 87.5 Å². The van der Waals surface area contributed by atoms with Crippen LogP contribution in [0.2, 0.25) is 0 Å². The topological polar surface area (TPSA) is 559 Å². The maximum Gasteiger partial charge on any atom is 0.410 e. The number of allylic oxidation sites excluding steroid dienone is 2. The number of aliphatic hydroxyl groups is 5. The second-order valence-corrected chi connectivity index (χ2v) is 37.1. The Morgan fingerprint density at radius 3 is 2.10 bits per heavy atom. The molecule has 2 aliphatic carbocycles. The van der Waals surface area contributed by atoms with Gasteiger partial charge in [0.15, 0.2) is 47.5 Å². The van der Waals surface area contributed by atoms with Gasteiger partial charge in [0.1, 0.15) is 54.3 Å². The number of unbranched alkanes of at least 4 members (excludes halogenated alkanes) is 1. The minimum atomic E-state index is -2.25. The molecule has 2 bridgehead atoms. The number of carboxylic acids is 1. The number of ketones is 3. The van der Waals surface area contributed by atoms with Gasteiger partial charge >= 0.3 is 30.2 Å². The van der Waals surface area contributed by atoms with E-state index in [-0.39, 0.29) is 128 Å². The standard InChI is InChI=1S/C87H120IN7O30S3.CO2/c1-15-95(86(110)118-41-50-26-28-53(29-27-50)92-79(104)52(24-22-33-91-85(90)109)36-57(97)68(43(2)3)93-80(105)51(35-44(4)96)23-19-21-32-89)56-42-117-63(39-61(56)112-10)123-76-71(102)69(46(6)120-84(76)122-60-25-18-16-17-20-31-87(111)40-59(99)54(37-62(100)113-11)66(60)55(87)30-34-126-128-49(9)81(106)107)94-125-64-38-58(98)78(48(8)119-64)127-82(108)65-45(5)67(88)74(77(116-14)73(65)114-12)124-83-72(103)75(115-13)70(101)47(7)121-83;2-1-3/h16-17,26-30,43,46-49,51-52,56,58,60-61,63-64,68-72,75-76,78,83-84,94,98,101-103,111H,15,19,21-24,32-42,89H2,1-14H3,(H,92,104)(H,93,105)(H,106,107)(H3,90,91,109);/b17-16-,55-30?;/t46-,47+,48-,49?,51-,52-,56+,58+,60+,61+,63+,64+,68+,69-,70+,71-,72-,75-,76-,78-,83+,84+,87+;/m1./s1. The van der Waals surface area contributed by atoms with Crippen LogP contribution in [0.1, 0.15) is 148 Å². The summed E-state index contributed by atoms with van der Waals surface area (Å²) in [5.74, 6) is 5.19. The molecule has 39 nitrogen and oxygen atoms in total. The van der Waals surface area contributed by atoms with Gasteiger partial charge in [-0.15, -0.1) is 0 Å². The normalized spacial score (nSPS) is 27.8. The molecule has 724 valence electrons. The van der Waals surface area contributed by atoms with Gasteiger partial charge in [0, 0.05) is 93.0 Å². The molecule has 4 fully saturated rings. The fourth-order valence-electron chi connectivity index (χ4n) is 15.6. The van der Waals surface area contributed by atoms with Crippen LogP contribution in [0.3, 0.4) is 0 Å². The molecular formula is C88H120IN7O32S3. The SMILES string of the molecule is CCN(C(=O)OCc1ccc(NC(=O)[C@H](CCCNC(N)=O)CC(=O)[C@@H](NC(=O)[C@H](CCCCN)CC(C)=O)C(C)C)cc1)[C@H]1CO[C@@H](O[C@H]2[C@H](O[C@H]3C#C/C=C\C#C[C@]4(O)CC(=O)C(CC(=O)OC)=C3C4=CCSSC(C)C(=O)O)O[C@H](C)[C@@H](NO[C@H]3C[C@H](O)[C@H](SC(=O)c4c(C)c(I)c(O[C@@H]5O[C@@H](C)[C@H](O)[C@@H](OC)[C@H]5O)c(OC)c4OC)[C@@H](C)O3)[C@H]2O)C[C@@H]1OC.O=C=O. The number of esters is 1. The van der Waals surface area contributed by atoms with Gasteiger partial charge in [-0.1, -0.05) is 95.5 Å². The first-order valence-electron chi connectivity index (χ1n) is 42.5. The second kappa shape index (κ2) is 53.2. The zero-order valence-electron chi connectivity index (χ0n) is 75.3. The molecular weight excluding hydrogens is 1890 g/mol. The molecule has 0 spiro atoms. The van der Waals surface area contributed by atoms with E-state index in [2.05, 4.69) is 45.1 Å². The van der Waals surface area contributed by atoms with E-state index in [9.17, 15) is 78.6 Å². The number of fused-ring (bicyclic) bond motifs is 2. The van der Waals surface area contributed by atoms with Crippen LogP contribution in [0, 0.1) is 51.9 Å². The third-order valence-corrected chi connectivity index (χ3v) is 27.9. The molecule has 0 saturated carbocycles. The summed E-state index contributed by atoms with van der Waals surface area (Å²) in [6.07, 6.45) is -15.6. The number of primary amides is 1. The lowest BCUT2D eigenvalue weighted by Crippen LogP contribution is -2.65. The van der Waals surface area contributed by atoms with E-state index in [0.29, 0.717) is 46.2 Å². The lowest BCUT2D eigenvalue weighted by Gasteiger charge is -2.47. The smallest absolute Gasteiger partial charge is 0.410 e. The maximum atomic E-state index is 14.7. The Bertz CT molecular complexity index is 4540. The molecule has 5 amide bonds. The van der Waals surface area contributed by atoms with Crippen molar-refractivity contribution in [3.63, 3.8) is 0 Å². The number of nitrogens with one attached hydrogen (secondary N) is 4. The lowest BCUT2D eigenvalue weighted by atomic mass is 9.72. The van der Waals surface area contributed by atoms with Crippen LogP contribution in [0.15, 0.2) is 59.2 Å². The van der Waals surface area contributed by atoms with Crippen molar-refractivity contribution >= 4 is 126 Å². The third kappa shape index (κ3) is 30.1. The van der Waals surface area contributed by atoms with Gasteiger partial charge in [-0.3, -0.25) is 38.4 Å². The van der Waals surface area contributed by atoms with E-state index in [1.165, 1.54) is 65.4 Å². The molecule has 4 aliphatic heterocycles.